The molecule has 0 aromatic rings. The summed E-state index contributed by atoms with van der Waals surface area (Å²) in [6.07, 6.45) is 1.28. The van der Waals surface area contributed by atoms with E-state index in [9.17, 15) is 13.2 Å². The molecule has 0 aromatic heterocycles. The van der Waals surface area contributed by atoms with Gasteiger partial charge in [-0.3, -0.25) is 4.79 Å². The molecule has 0 aliphatic carbocycles. The Labute approximate surface area is 126 Å². The fraction of sp³-hybridized carbons (Fsp3) is 0.923. The first-order chi connectivity index (χ1) is 9.72. The number of rotatable bonds is 7. The number of carbonyl (C=O) groups excluding carboxylic acids is 1. The lowest BCUT2D eigenvalue weighted by Crippen LogP contribution is -2.52. The van der Waals surface area contributed by atoms with Crippen LogP contribution in [0.4, 0.5) is 0 Å². The second kappa shape index (κ2) is 7.53. The first kappa shape index (κ1) is 18.3. The van der Waals surface area contributed by atoms with E-state index in [1.165, 1.54) is 4.31 Å². The first-order valence-corrected chi connectivity index (χ1v) is 8.72. The Hall–Kier alpha value is -0.700. The lowest BCUT2D eigenvalue weighted by Gasteiger charge is -2.33. The maximum Gasteiger partial charge on any atom is 0.309 e. The second-order valence-electron chi connectivity index (χ2n) is 5.89. The molecule has 1 fully saturated rings. The molecule has 1 rings (SSSR count). The number of carbonyl (C=O) groups is 1. The number of esters is 1. The van der Waals surface area contributed by atoms with Gasteiger partial charge in [0.1, 0.15) is 0 Å². The zero-order valence-electron chi connectivity index (χ0n) is 13.0. The molecule has 0 amide bonds. The maximum absolute atomic E-state index is 12.3. The van der Waals surface area contributed by atoms with Crippen LogP contribution in [-0.2, 0) is 19.7 Å². The van der Waals surface area contributed by atoms with E-state index in [2.05, 4.69) is 4.72 Å². The average Bonchev–Trinajstić information content (AvgIpc) is 2.37. The second-order valence-corrected chi connectivity index (χ2v) is 7.56. The molecular formula is C13H26N2O5S. The molecule has 0 unspecified atom stereocenters. The van der Waals surface area contributed by atoms with Gasteiger partial charge in [0.05, 0.1) is 12.5 Å². The summed E-state index contributed by atoms with van der Waals surface area (Å²) in [6, 6.07) is 0. The third-order valence-corrected chi connectivity index (χ3v) is 5.41. The lowest BCUT2D eigenvalue weighted by molar-refractivity contribution is -0.149. The highest BCUT2D eigenvalue weighted by molar-refractivity contribution is 7.87. The number of aliphatic hydroxyl groups excluding tert-OH is 1. The molecule has 1 aliphatic heterocycles. The van der Waals surface area contributed by atoms with Gasteiger partial charge >= 0.3 is 5.97 Å². The number of aliphatic hydroxyl groups is 1. The van der Waals surface area contributed by atoms with Crippen molar-refractivity contribution in [3.8, 4) is 0 Å². The van der Waals surface area contributed by atoms with Crippen LogP contribution in [0, 0.1) is 5.92 Å². The Kier molecular flexibility index (Phi) is 6.58. The van der Waals surface area contributed by atoms with Gasteiger partial charge in [-0.25, -0.2) is 0 Å². The van der Waals surface area contributed by atoms with Gasteiger partial charge in [0.2, 0.25) is 0 Å². The van der Waals surface area contributed by atoms with E-state index < -0.39 is 15.7 Å². The van der Waals surface area contributed by atoms with Crippen molar-refractivity contribution in [2.45, 2.75) is 45.6 Å². The molecule has 0 bridgehead atoms. The highest BCUT2D eigenvalue weighted by Crippen LogP contribution is 2.21. The summed E-state index contributed by atoms with van der Waals surface area (Å²) in [6.45, 7) is 6.07. The molecule has 0 spiro atoms. The van der Waals surface area contributed by atoms with Crippen molar-refractivity contribution >= 4 is 16.2 Å². The first-order valence-electron chi connectivity index (χ1n) is 7.28. The molecule has 0 atom stereocenters. The van der Waals surface area contributed by atoms with Crippen LogP contribution in [-0.4, -0.2) is 55.6 Å². The van der Waals surface area contributed by atoms with Crippen LogP contribution in [0.15, 0.2) is 0 Å². The average molecular weight is 322 g/mol. The maximum atomic E-state index is 12.3. The molecule has 1 aliphatic rings. The normalized spacial score (nSPS) is 18.7. The van der Waals surface area contributed by atoms with E-state index in [1.807, 2.05) is 0 Å². The van der Waals surface area contributed by atoms with Crippen molar-refractivity contribution < 1.29 is 23.1 Å². The van der Waals surface area contributed by atoms with Gasteiger partial charge in [-0.05, 0) is 40.0 Å². The quantitative estimate of drug-likeness (QED) is 0.655. The van der Waals surface area contributed by atoms with Crippen LogP contribution < -0.4 is 4.72 Å². The van der Waals surface area contributed by atoms with E-state index in [4.69, 9.17) is 9.84 Å². The standard InChI is InChI=1S/C13H26N2O5S/c1-4-20-12(17)11-5-8-15(9-6-11)21(18,19)14-13(2,3)7-10-16/h11,14,16H,4-10H2,1-3H3. The van der Waals surface area contributed by atoms with Crippen LogP contribution in [0.25, 0.3) is 0 Å². The van der Waals surface area contributed by atoms with Gasteiger partial charge in [-0.15, -0.1) is 0 Å². The predicted molar refractivity (Wildman–Crippen MR) is 78.8 cm³/mol. The van der Waals surface area contributed by atoms with Gasteiger partial charge in [0, 0.05) is 25.2 Å². The largest absolute Gasteiger partial charge is 0.466 e. The SMILES string of the molecule is CCOC(=O)C1CCN(S(=O)(=O)NC(C)(C)CCO)CC1. The van der Waals surface area contributed by atoms with Crippen LogP contribution in [0.1, 0.15) is 40.0 Å². The molecule has 8 heteroatoms. The van der Waals surface area contributed by atoms with E-state index in [1.54, 1.807) is 20.8 Å². The summed E-state index contributed by atoms with van der Waals surface area (Å²) in [5, 5.41) is 8.96. The minimum absolute atomic E-state index is 0.0829. The minimum atomic E-state index is -3.60. The Morgan fingerprint density at radius 2 is 1.95 bits per heavy atom. The fourth-order valence-corrected chi connectivity index (χ4v) is 3.96. The highest BCUT2D eigenvalue weighted by Gasteiger charge is 2.34. The molecule has 1 saturated heterocycles. The topological polar surface area (TPSA) is 95.9 Å². The van der Waals surface area contributed by atoms with Crippen LogP contribution in [0.3, 0.4) is 0 Å². The minimum Gasteiger partial charge on any atom is -0.466 e. The number of nitrogens with one attached hydrogen (secondary N) is 1. The summed E-state index contributed by atoms with van der Waals surface area (Å²) in [5.74, 6) is -0.468. The number of hydrogen-bond acceptors (Lipinski definition) is 5. The summed E-state index contributed by atoms with van der Waals surface area (Å²) < 4.78 is 33.5. The fourth-order valence-electron chi connectivity index (χ4n) is 2.34. The molecule has 2 N–H and O–H groups in total. The lowest BCUT2D eigenvalue weighted by atomic mass is 9.98. The molecule has 21 heavy (non-hydrogen) atoms. The molecule has 0 saturated carbocycles. The monoisotopic (exact) mass is 322 g/mol. The zero-order chi connectivity index (χ0) is 16.1. The van der Waals surface area contributed by atoms with Crippen molar-refractivity contribution in [2.75, 3.05) is 26.3 Å². The Bertz CT molecular complexity index is 441. The number of nitrogens with zero attached hydrogens (tertiary/aromatic N) is 1. The van der Waals surface area contributed by atoms with Crippen molar-refractivity contribution in [2.24, 2.45) is 5.92 Å². The van der Waals surface area contributed by atoms with Crippen LogP contribution >= 0.6 is 0 Å². The molecule has 0 aromatic carbocycles. The molecule has 1 heterocycles. The third-order valence-electron chi connectivity index (χ3n) is 3.56. The van der Waals surface area contributed by atoms with Crippen molar-refractivity contribution in [3.05, 3.63) is 0 Å². The predicted octanol–water partition coefficient (Wildman–Crippen LogP) is 0.257. The van der Waals surface area contributed by atoms with Gasteiger partial charge in [0.15, 0.2) is 0 Å². The Morgan fingerprint density at radius 3 is 2.43 bits per heavy atom. The number of ether oxygens (including phenoxy) is 1. The van der Waals surface area contributed by atoms with Crippen molar-refractivity contribution in [1.29, 1.82) is 0 Å². The van der Waals surface area contributed by atoms with Gasteiger partial charge in [0.25, 0.3) is 10.2 Å². The summed E-state index contributed by atoms with van der Waals surface area (Å²) in [4.78, 5) is 11.6. The Morgan fingerprint density at radius 1 is 1.38 bits per heavy atom. The summed E-state index contributed by atoms with van der Waals surface area (Å²) in [7, 11) is -3.60. The van der Waals surface area contributed by atoms with Crippen molar-refractivity contribution in [1.82, 2.24) is 9.03 Å². The van der Waals surface area contributed by atoms with Crippen molar-refractivity contribution in [3.63, 3.8) is 0 Å². The summed E-state index contributed by atoms with van der Waals surface area (Å²) in [5.41, 5.74) is -0.703. The van der Waals surface area contributed by atoms with Gasteiger partial charge < -0.3 is 9.84 Å². The number of hydrogen-bond donors (Lipinski definition) is 2. The van der Waals surface area contributed by atoms with Crippen LogP contribution in [0.5, 0.6) is 0 Å². The van der Waals surface area contributed by atoms with Gasteiger partial charge in [-0.1, -0.05) is 0 Å². The van der Waals surface area contributed by atoms with Gasteiger partial charge in [-0.2, -0.15) is 17.4 Å². The molecule has 7 nitrogen and oxygen atoms in total. The number of piperidine rings is 1. The molecule has 124 valence electrons. The highest BCUT2D eigenvalue weighted by atomic mass is 32.2. The smallest absolute Gasteiger partial charge is 0.309 e. The van der Waals surface area contributed by atoms with E-state index >= 15 is 0 Å². The van der Waals surface area contributed by atoms with E-state index in [0.717, 1.165) is 0 Å². The van der Waals surface area contributed by atoms with E-state index in [-0.39, 0.29) is 18.5 Å². The molecular weight excluding hydrogens is 296 g/mol. The summed E-state index contributed by atoms with van der Waals surface area (Å²) >= 11 is 0. The third kappa shape index (κ3) is 5.54. The Balaban J connectivity index is 2.58. The van der Waals surface area contributed by atoms with Crippen LogP contribution in [0.2, 0.25) is 0 Å². The van der Waals surface area contributed by atoms with E-state index in [0.29, 0.717) is 39.0 Å². The molecule has 0 radical (unpaired) electrons. The zero-order valence-corrected chi connectivity index (χ0v) is 13.8.